The topological polar surface area (TPSA) is 237 Å². The molecule has 0 spiro atoms. The van der Waals surface area contributed by atoms with Crippen molar-refractivity contribution in [3.8, 4) is 0 Å². The van der Waals surface area contributed by atoms with Crippen molar-refractivity contribution in [1.82, 2.24) is 0 Å². The first-order valence-electron chi connectivity index (χ1n) is 35.1. The summed E-state index contributed by atoms with van der Waals surface area (Å²) >= 11 is 0. The molecule has 0 amide bonds. The molecule has 0 rings (SSSR count). The largest absolute Gasteiger partial charge is 0.472 e. The molecule has 5 atom stereocenters. The Bertz CT molecular complexity index is 1670. The zero-order valence-corrected chi connectivity index (χ0v) is 57.2. The maximum Gasteiger partial charge on any atom is 0.472 e. The third-order valence-corrected chi connectivity index (χ3v) is 17.4. The second-order valence-corrected chi connectivity index (χ2v) is 27.6. The summed E-state index contributed by atoms with van der Waals surface area (Å²) in [7, 11) is -9.89. The molecule has 0 aliphatic carbocycles. The van der Waals surface area contributed by atoms with Gasteiger partial charge in [0.1, 0.15) is 19.3 Å². The van der Waals surface area contributed by atoms with E-state index in [0.717, 1.165) is 109 Å². The Morgan fingerprint density at radius 3 is 0.791 bits per heavy atom. The van der Waals surface area contributed by atoms with Crippen molar-refractivity contribution < 1.29 is 80.2 Å². The van der Waals surface area contributed by atoms with E-state index in [1.54, 1.807) is 0 Å². The summed E-state index contributed by atoms with van der Waals surface area (Å²) < 4.78 is 68.0. The van der Waals surface area contributed by atoms with E-state index in [-0.39, 0.29) is 25.7 Å². The summed E-state index contributed by atoms with van der Waals surface area (Å²) in [6.07, 6.45) is 45.9. The molecule has 0 aromatic heterocycles. The number of carbonyl (C=O) groups excluding carboxylic acids is 4. The molecule has 0 fully saturated rings. The average molecular weight is 1270 g/mol. The molecule has 0 aromatic rings. The lowest BCUT2D eigenvalue weighted by Crippen LogP contribution is -2.30. The highest BCUT2D eigenvalue weighted by molar-refractivity contribution is 7.47. The normalized spacial score (nSPS) is 14.2. The maximum absolute atomic E-state index is 13.0. The van der Waals surface area contributed by atoms with Gasteiger partial charge in [-0.15, -0.1) is 0 Å². The van der Waals surface area contributed by atoms with Crippen LogP contribution < -0.4 is 0 Å². The summed E-state index contributed by atoms with van der Waals surface area (Å²) in [5, 5.41) is 10.5. The molecule has 86 heavy (non-hydrogen) atoms. The molecule has 0 aliphatic rings. The van der Waals surface area contributed by atoms with Gasteiger partial charge in [0.25, 0.3) is 0 Å². The number of unbranched alkanes of at least 4 members (excludes halogenated alkanes) is 39. The molecule has 0 saturated heterocycles. The number of aliphatic hydroxyl groups excluding tert-OH is 1. The Hall–Kier alpha value is -1.94. The van der Waals surface area contributed by atoms with Crippen molar-refractivity contribution in [1.29, 1.82) is 0 Å². The SMILES string of the molecule is CCCCCCCCCCCCCCCCCCC(=O)O[C@H](COC(=O)CCCCCCCCCCCCC(C)C)COP(=O)(O)OC[C@@H](O)COP(=O)(O)OC[C@@H](COC(=O)CCCCCCCCC)OC(=O)CCCCCCCCCCCC. The Morgan fingerprint density at radius 2 is 0.535 bits per heavy atom. The van der Waals surface area contributed by atoms with Gasteiger partial charge in [-0.25, -0.2) is 9.13 Å². The second-order valence-electron chi connectivity index (χ2n) is 24.7. The zero-order chi connectivity index (χ0) is 63.5. The van der Waals surface area contributed by atoms with Crippen LogP contribution >= 0.6 is 15.6 Å². The van der Waals surface area contributed by atoms with Gasteiger partial charge in [-0.3, -0.25) is 37.3 Å². The van der Waals surface area contributed by atoms with Gasteiger partial charge in [-0.1, -0.05) is 291 Å². The van der Waals surface area contributed by atoms with Crippen LogP contribution in [0.5, 0.6) is 0 Å². The number of rotatable bonds is 67. The number of phosphoric ester groups is 2. The van der Waals surface area contributed by atoms with Crippen molar-refractivity contribution in [2.45, 2.75) is 361 Å². The summed E-state index contributed by atoms with van der Waals surface area (Å²) in [4.78, 5) is 72.2. The lowest BCUT2D eigenvalue weighted by Gasteiger charge is -2.21. The summed E-state index contributed by atoms with van der Waals surface area (Å²) in [6, 6.07) is 0. The highest BCUT2D eigenvalue weighted by Gasteiger charge is 2.30. The van der Waals surface area contributed by atoms with Crippen LogP contribution in [0, 0.1) is 5.92 Å². The Kier molecular flexibility index (Phi) is 59.2. The van der Waals surface area contributed by atoms with E-state index in [0.29, 0.717) is 25.7 Å². The number of hydrogen-bond donors (Lipinski definition) is 3. The third kappa shape index (κ3) is 60.9. The standard InChI is InChI=1S/C67H130O17P2/c1-6-9-12-15-18-20-22-23-24-25-26-27-33-38-43-48-53-67(72)84-63(57-78-65(70)51-46-41-36-32-29-28-30-35-39-44-49-60(4)5)59-82-86(75,76)80-55-61(68)54-79-85(73,74)81-58-62(56-77-64(69)50-45-40-34-17-14-11-8-3)83-66(71)52-47-42-37-31-21-19-16-13-10-7-2/h60-63,68H,6-59H2,1-5H3,(H,73,74)(H,75,76)/t61-,62+,63+/m0/s1. The minimum absolute atomic E-state index is 0.106. The summed E-state index contributed by atoms with van der Waals surface area (Å²) in [5.41, 5.74) is 0. The summed E-state index contributed by atoms with van der Waals surface area (Å²) in [6.45, 7) is 7.17. The highest BCUT2D eigenvalue weighted by Crippen LogP contribution is 2.45. The van der Waals surface area contributed by atoms with E-state index in [2.05, 4.69) is 34.6 Å². The summed E-state index contributed by atoms with van der Waals surface area (Å²) in [5.74, 6) is -1.37. The number of phosphoric acid groups is 2. The number of ether oxygens (including phenoxy) is 4. The van der Waals surface area contributed by atoms with Gasteiger partial charge >= 0.3 is 39.5 Å². The Morgan fingerprint density at radius 1 is 0.314 bits per heavy atom. The molecule has 17 nitrogen and oxygen atoms in total. The molecule has 0 radical (unpaired) electrons. The van der Waals surface area contributed by atoms with Crippen LogP contribution in [0.15, 0.2) is 0 Å². The first-order valence-corrected chi connectivity index (χ1v) is 38.1. The lowest BCUT2D eigenvalue weighted by molar-refractivity contribution is -0.161. The molecule has 2 unspecified atom stereocenters. The van der Waals surface area contributed by atoms with Crippen LogP contribution in [0.4, 0.5) is 0 Å². The maximum atomic E-state index is 13.0. The van der Waals surface area contributed by atoms with Crippen molar-refractivity contribution in [2.24, 2.45) is 5.92 Å². The monoisotopic (exact) mass is 1270 g/mol. The number of aliphatic hydroxyl groups is 1. The van der Waals surface area contributed by atoms with Gasteiger partial charge < -0.3 is 33.8 Å². The van der Waals surface area contributed by atoms with E-state index in [9.17, 15) is 43.2 Å². The van der Waals surface area contributed by atoms with Crippen molar-refractivity contribution in [2.75, 3.05) is 39.6 Å². The van der Waals surface area contributed by atoms with Gasteiger partial charge in [0.2, 0.25) is 0 Å². The van der Waals surface area contributed by atoms with Crippen LogP contribution in [0.3, 0.4) is 0 Å². The third-order valence-electron chi connectivity index (χ3n) is 15.5. The van der Waals surface area contributed by atoms with E-state index in [1.807, 2.05) is 0 Å². The predicted octanol–water partition coefficient (Wildman–Crippen LogP) is 19.0. The molecular weight excluding hydrogens is 1140 g/mol. The highest BCUT2D eigenvalue weighted by atomic mass is 31.2. The molecule has 19 heteroatoms. The molecule has 0 saturated carbocycles. The smallest absolute Gasteiger partial charge is 0.462 e. The number of esters is 4. The Labute approximate surface area is 524 Å². The van der Waals surface area contributed by atoms with E-state index in [1.165, 1.54) is 154 Å². The predicted molar refractivity (Wildman–Crippen MR) is 345 cm³/mol. The molecular formula is C67H130O17P2. The molecule has 3 N–H and O–H groups in total. The van der Waals surface area contributed by atoms with Gasteiger partial charge in [0, 0.05) is 25.7 Å². The molecule has 0 aliphatic heterocycles. The van der Waals surface area contributed by atoms with Crippen LogP contribution in [0.25, 0.3) is 0 Å². The van der Waals surface area contributed by atoms with Gasteiger partial charge in [0.15, 0.2) is 12.2 Å². The molecule has 0 heterocycles. The zero-order valence-electron chi connectivity index (χ0n) is 55.4. The average Bonchev–Trinajstić information content (AvgIpc) is 3.68. The van der Waals surface area contributed by atoms with E-state index in [4.69, 9.17) is 37.0 Å². The van der Waals surface area contributed by atoms with Gasteiger partial charge in [-0.2, -0.15) is 0 Å². The van der Waals surface area contributed by atoms with Crippen molar-refractivity contribution in [3.05, 3.63) is 0 Å². The van der Waals surface area contributed by atoms with Crippen molar-refractivity contribution >= 4 is 39.5 Å². The van der Waals surface area contributed by atoms with Crippen LogP contribution in [-0.4, -0.2) is 96.7 Å². The van der Waals surface area contributed by atoms with Crippen LogP contribution in [0.2, 0.25) is 0 Å². The first-order chi connectivity index (χ1) is 41.5. The fraction of sp³-hybridized carbons (Fsp3) is 0.940. The quantitative estimate of drug-likeness (QED) is 0.0222. The van der Waals surface area contributed by atoms with Gasteiger partial charge in [0.05, 0.1) is 26.4 Å². The fourth-order valence-electron chi connectivity index (χ4n) is 10.1. The van der Waals surface area contributed by atoms with E-state index >= 15 is 0 Å². The van der Waals surface area contributed by atoms with Crippen LogP contribution in [-0.2, 0) is 65.4 Å². The Balaban J connectivity index is 5.20. The second kappa shape index (κ2) is 60.6. The van der Waals surface area contributed by atoms with Crippen LogP contribution in [0.1, 0.15) is 343 Å². The minimum atomic E-state index is -4.95. The minimum Gasteiger partial charge on any atom is -0.462 e. The molecule has 0 aromatic carbocycles. The fourth-order valence-corrected chi connectivity index (χ4v) is 11.7. The molecule has 510 valence electrons. The number of hydrogen-bond acceptors (Lipinski definition) is 15. The number of carbonyl (C=O) groups is 4. The van der Waals surface area contributed by atoms with Crippen molar-refractivity contribution in [3.63, 3.8) is 0 Å². The van der Waals surface area contributed by atoms with Gasteiger partial charge in [-0.05, 0) is 31.6 Å². The van der Waals surface area contributed by atoms with E-state index < -0.39 is 97.5 Å². The first kappa shape index (κ1) is 84.1. The molecule has 0 bridgehead atoms. The lowest BCUT2D eigenvalue weighted by atomic mass is 10.0.